The van der Waals surface area contributed by atoms with Gasteiger partial charge in [0.25, 0.3) is 0 Å². The van der Waals surface area contributed by atoms with Crippen molar-refractivity contribution >= 4 is 22.2 Å². The van der Waals surface area contributed by atoms with E-state index in [0.717, 1.165) is 26.2 Å². The van der Waals surface area contributed by atoms with E-state index in [9.17, 15) is 0 Å². The molecule has 1 aromatic heterocycles. The predicted octanol–water partition coefficient (Wildman–Crippen LogP) is 3.76. The lowest BCUT2D eigenvalue weighted by molar-refractivity contribution is 0.288. The van der Waals surface area contributed by atoms with Crippen LogP contribution in [0, 0.1) is 6.92 Å². The Bertz CT molecular complexity index is 693. The largest absolute Gasteiger partial charge is 0.370 e. The fourth-order valence-corrected chi connectivity index (χ4v) is 4.94. The highest BCUT2D eigenvalue weighted by Gasteiger charge is 2.19. The number of aromatic nitrogens is 1. The molecule has 3 heterocycles. The minimum atomic E-state index is 1.05. The highest BCUT2D eigenvalue weighted by molar-refractivity contribution is 7.15. The molecule has 5 heteroatoms. The Hall–Kier alpha value is -1.59. The number of anilines is 2. The average Bonchev–Trinajstić information content (AvgIpc) is 3.25. The molecule has 2 aliphatic heterocycles. The van der Waals surface area contributed by atoms with Gasteiger partial charge in [0.1, 0.15) is 0 Å². The van der Waals surface area contributed by atoms with E-state index in [4.69, 9.17) is 0 Å². The van der Waals surface area contributed by atoms with Crippen LogP contribution in [0.4, 0.5) is 10.8 Å². The van der Waals surface area contributed by atoms with Gasteiger partial charge >= 0.3 is 0 Å². The van der Waals surface area contributed by atoms with Crippen molar-refractivity contribution in [3.05, 3.63) is 40.9 Å². The molecule has 2 aromatic rings. The number of benzene rings is 1. The van der Waals surface area contributed by atoms with E-state index in [1.165, 1.54) is 60.2 Å². The highest BCUT2D eigenvalue weighted by atomic mass is 32.1. The summed E-state index contributed by atoms with van der Waals surface area (Å²) in [4.78, 5) is 13.7. The van der Waals surface area contributed by atoms with Crippen molar-refractivity contribution < 1.29 is 0 Å². The summed E-state index contributed by atoms with van der Waals surface area (Å²) in [5, 5.41) is 1.23. The molecule has 0 N–H and O–H groups in total. The Labute approximate surface area is 155 Å². The minimum Gasteiger partial charge on any atom is -0.370 e. The first-order valence-electron chi connectivity index (χ1n) is 9.52. The van der Waals surface area contributed by atoms with Gasteiger partial charge in [-0.25, -0.2) is 4.98 Å². The monoisotopic (exact) mass is 356 g/mol. The van der Waals surface area contributed by atoms with Crippen molar-refractivity contribution in [2.75, 3.05) is 49.1 Å². The van der Waals surface area contributed by atoms with E-state index >= 15 is 0 Å². The van der Waals surface area contributed by atoms with Crippen LogP contribution in [0.25, 0.3) is 0 Å². The summed E-state index contributed by atoms with van der Waals surface area (Å²) in [7, 11) is 0. The van der Waals surface area contributed by atoms with Crippen LogP contribution in [-0.2, 0) is 6.54 Å². The second kappa shape index (κ2) is 7.75. The Balaban J connectivity index is 1.36. The van der Waals surface area contributed by atoms with Crippen LogP contribution in [0.2, 0.25) is 0 Å². The van der Waals surface area contributed by atoms with Crippen molar-refractivity contribution in [3.8, 4) is 0 Å². The molecule has 134 valence electrons. The molecule has 0 radical (unpaired) electrons. The molecule has 25 heavy (non-hydrogen) atoms. The van der Waals surface area contributed by atoms with Crippen molar-refractivity contribution in [1.29, 1.82) is 0 Å². The molecule has 0 amide bonds. The molecule has 0 saturated carbocycles. The summed E-state index contributed by atoms with van der Waals surface area (Å²) >= 11 is 1.89. The van der Waals surface area contributed by atoms with E-state index < -0.39 is 0 Å². The molecule has 0 unspecified atom stereocenters. The van der Waals surface area contributed by atoms with Crippen molar-refractivity contribution in [1.82, 2.24) is 9.88 Å². The maximum Gasteiger partial charge on any atom is 0.185 e. The summed E-state index contributed by atoms with van der Waals surface area (Å²) in [6, 6.07) is 8.76. The molecule has 2 saturated heterocycles. The predicted molar refractivity (Wildman–Crippen MR) is 107 cm³/mol. The molecule has 0 bridgehead atoms. The standard InChI is InChI=1S/C20H28N4S/c1-17-7-2-3-8-19(17)23-12-6-9-22(13-14-23)16-18-15-21-20(25-18)24-10-4-5-11-24/h2-3,7-8,15H,4-6,9-14,16H2,1H3. The van der Waals surface area contributed by atoms with Gasteiger partial charge in [0, 0.05) is 62.6 Å². The summed E-state index contributed by atoms with van der Waals surface area (Å²) in [6.45, 7) is 10.2. The highest BCUT2D eigenvalue weighted by Crippen LogP contribution is 2.27. The van der Waals surface area contributed by atoms with Gasteiger partial charge in [0.15, 0.2) is 5.13 Å². The molecule has 2 aliphatic rings. The minimum absolute atomic E-state index is 1.05. The molecule has 0 spiro atoms. The number of nitrogens with zero attached hydrogens (tertiary/aromatic N) is 4. The molecular weight excluding hydrogens is 328 g/mol. The first-order valence-corrected chi connectivity index (χ1v) is 10.3. The van der Waals surface area contributed by atoms with Crippen LogP contribution in [0.5, 0.6) is 0 Å². The second-order valence-corrected chi connectivity index (χ2v) is 8.30. The number of hydrogen-bond donors (Lipinski definition) is 0. The molecule has 2 fully saturated rings. The molecule has 0 atom stereocenters. The normalized spacial score (nSPS) is 19.4. The lowest BCUT2D eigenvalue weighted by atomic mass is 10.2. The maximum absolute atomic E-state index is 4.67. The molecule has 1 aromatic carbocycles. The smallest absolute Gasteiger partial charge is 0.185 e. The van der Waals surface area contributed by atoms with Crippen LogP contribution < -0.4 is 9.80 Å². The zero-order chi connectivity index (χ0) is 17.1. The zero-order valence-electron chi connectivity index (χ0n) is 15.2. The van der Waals surface area contributed by atoms with Crippen molar-refractivity contribution in [3.63, 3.8) is 0 Å². The number of para-hydroxylation sites is 1. The van der Waals surface area contributed by atoms with Crippen molar-refractivity contribution in [2.24, 2.45) is 0 Å². The van der Waals surface area contributed by atoms with Crippen LogP contribution in [-0.4, -0.2) is 49.2 Å². The first-order chi connectivity index (χ1) is 12.3. The summed E-state index contributed by atoms with van der Waals surface area (Å²) in [6.07, 6.45) is 5.96. The quantitative estimate of drug-likeness (QED) is 0.832. The van der Waals surface area contributed by atoms with Crippen LogP contribution in [0.15, 0.2) is 30.5 Å². The molecular formula is C20H28N4S. The number of thiazole rings is 1. The van der Waals surface area contributed by atoms with E-state index in [2.05, 4.69) is 57.1 Å². The lowest BCUT2D eigenvalue weighted by Crippen LogP contribution is -2.30. The zero-order valence-corrected chi connectivity index (χ0v) is 16.0. The van der Waals surface area contributed by atoms with Crippen LogP contribution >= 0.6 is 11.3 Å². The van der Waals surface area contributed by atoms with E-state index in [1.54, 1.807) is 0 Å². The topological polar surface area (TPSA) is 22.6 Å². The summed E-state index contributed by atoms with van der Waals surface area (Å²) in [5.74, 6) is 0. The van der Waals surface area contributed by atoms with Gasteiger partial charge in [-0.2, -0.15) is 0 Å². The SMILES string of the molecule is Cc1ccccc1N1CCCN(Cc2cnc(N3CCCC3)s2)CC1. The Morgan fingerprint density at radius 3 is 2.56 bits per heavy atom. The fraction of sp³-hybridized carbons (Fsp3) is 0.550. The third kappa shape index (κ3) is 3.98. The van der Waals surface area contributed by atoms with Gasteiger partial charge in [0.05, 0.1) is 0 Å². The van der Waals surface area contributed by atoms with E-state index in [0.29, 0.717) is 0 Å². The molecule has 0 aliphatic carbocycles. The molecule has 4 nitrogen and oxygen atoms in total. The molecule has 4 rings (SSSR count). The average molecular weight is 357 g/mol. The Morgan fingerprint density at radius 1 is 0.920 bits per heavy atom. The van der Waals surface area contributed by atoms with Gasteiger partial charge in [-0.05, 0) is 37.8 Å². The number of aryl methyl sites for hydroxylation is 1. The van der Waals surface area contributed by atoms with E-state index in [1.807, 2.05) is 11.3 Å². The van der Waals surface area contributed by atoms with Gasteiger partial charge in [-0.15, -0.1) is 11.3 Å². The van der Waals surface area contributed by atoms with Crippen molar-refractivity contribution in [2.45, 2.75) is 32.7 Å². The Kier molecular flexibility index (Phi) is 5.22. The van der Waals surface area contributed by atoms with Gasteiger partial charge < -0.3 is 9.80 Å². The summed E-state index contributed by atoms with van der Waals surface area (Å²) < 4.78 is 0. The maximum atomic E-state index is 4.67. The van der Waals surface area contributed by atoms with Gasteiger partial charge in [-0.1, -0.05) is 18.2 Å². The lowest BCUT2D eigenvalue weighted by Gasteiger charge is -2.25. The number of rotatable bonds is 4. The van der Waals surface area contributed by atoms with Crippen LogP contribution in [0.1, 0.15) is 29.7 Å². The first kappa shape index (κ1) is 16.9. The summed E-state index contributed by atoms with van der Waals surface area (Å²) in [5.41, 5.74) is 2.78. The van der Waals surface area contributed by atoms with E-state index in [-0.39, 0.29) is 0 Å². The van der Waals surface area contributed by atoms with Gasteiger partial charge in [-0.3, -0.25) is 4.90 Å². The number of hydrogen-bond acceptors (Lipinski definition) is 5. The second-order valence-electron chi connectivity index (χ2n) is 7.21. The fourth-order valence-electron chi connectivity index (χ4n) is 3.93. The van der Waals surface area contributed by atoms with Gasteiger partial charge in [0.2, 0.25) is 0 Å². The third-order valence-corrected chi connectivity index (χ3v) is 6.38. The third-order valence-electron chi connectivity index (χ3n) is 5.34. The Morgan fingerprint density at radius 2 is 1.72 bits per heavy atom. The van der Waals surface area contributed by atoms with Crippen LogP contribution in [0.3, 0.4) is 0 Å².